The monoisotopic (exact) mass is 430 g/mol. The van der Waals surface area contributed by atoms with Crippen molar-refractivity contribution in [3.05, 3.63) is 30.0 Å². The maximum Gasteiger partial charge on any atom is 0.229 e. The number of rotatable bonds is 6. The molecule has 0 aromatic carbocycles. The van der Waals surface area contributed by atoms with Gasteiger partial charge in [0.1, 0.15) is 11.4 Å². The summed E-state index contributed by atoms with van der Waals surface area (Å²) < 4.78 is 14.6. The van der Waals surface area contributed by atoms with Crippen LogP contribution in [0.3, 0.4) is 0 Å². The Morgan fingerprint density at radius 3 is 2.90 bits per heavy atom. The summed E-state index contributed by atoms with van der Waals surface area (Å²) in [7, 11) is 2.80. The Bertz CT molecular complexity index is 1030. The van der Waals surface area contributed by atoms with Gasteiger partial charge in [-0.05, 0) is 18.8 Å². The zero-order valence-electron chi connectivity index (χ0n) is 16.6. The molecule has 0 amide bonds. The highest BCUT2D eigenvalue weighted by Gasteiger charge is 2.67. The average molecular weight is 430 g/mol. The molecule has 0 spiro atoms. The molecule has 0 radical (unpaired) electrons. The lowest BCUT2D eigenvalue weighted by atomic mass is 10.2. The molecule has 158 valence electrons. The van der Waals surface area contributed by atoms with Crippen molar-refractivity contribution in [2.45, 2.75) is 31.9 Å². The predicted molar refractivity (Wildman–Crippen MR) is 115 cm³/mol. The van der Waals surface area contributed by atoms with Gasteiger partial charge in [0.2, 0.25) is 5.95 Å². The number of pyridine rings is 1. The van der Waals surface area contributed by atoms with Crippen LogP contribution in [0.5, 0.6) is 5.75 Å². The largest absolute Gasteiger partial charge is 0.506 e. The van der Waals surface area contributed by atoms with Crippen molar-refractivity contribution in [2.75, 3.05) is 23.3 Å². The van der Waals surface area contributed by atoms with E-state index in [2.05, 4.69) is 36.4 Å². The van der Waals surface area contributed by atoms with Gasteiger partial charge in [-0.25, -0.2) is 9.37 Å². The van der Waals surface area contributed by atoms with Gasteiger partial charge >= 0.3 is 0 Å². The minimum atomic E-state index is -0.474. The van der Waals surface area contributed by atoms with E-state index in [-0.39, 0.29) is 35.4 Å². The van der Waals surface area contributed by atoms with Gasteiger partial charge in [0.25, 0.3) is 0 Å². The maximum atomic E-state index is 14.6. The number of fused-ring (bicyclic) bond motifs is 1. The summed E-state index contributed by atoms with van der Waals surface area (Å²) in [6.45, 7) is 3.22. The number of nitrogens with zero attached hydrogens (tertiary/aromatic N) is 5. The minimum Gasteiger partial charge on any atom is -0.506 e. The van der Waals surface area contributed by atoms with Gasteiger partial charge in [-0.3, -0.25) is 9.98 Å². The van der Waals surface area contributed by atoms with Crippen LogP contribution in [-0.2, 0) is 6.61 Å². The van der Waals surface area contributed by atoms with Crippen molar-refractivity contribution in [2.24, 2.45) is 22.7 Å². The number of aliphatic hydroxyl groups excluding tert-OH is 1. The van der Waals surface area contributed by atoms with Crippen LogP contribution >= 0.6 is 9.24 Å². The van der Waals surface area contributed by atoms with Gasteiger partial charge in [0.05, 0.1) is 30.2 Å². The highest BCUT2D eigenvalue weighted by Crippen LogP contribution is 2.59. The number of hydrogen-bond acceptors (Lipinski definition) is 8. The number of aliphatic imine (C=N–C) groups is 1. The molecule has 30 heavy (non-hydrogen) atoms. The van der Waals surface area contributed by atoms with Gasteiger partial charge in [-0.1, -0.05) is 16.2 Å². The van der Waals surface area contributed by atoms with E-state index in [0.29, 0.717) is 36.5 Å². The Hall–Kier alpha value is -2.38. The van der Waals surface area contributed by atoms with Crippen molar-refractivity contribution in [3.63, 3.8) is 0 Å². The summed E-state index contributed by atoms with van der Waals surface area (Å²) in [6, 6.07) is 1.42. The van der Waals surface area contributed by atoms with Gasteiger partial charge in [0, 0.05) is 36.4 Å². The fourth-order valence-electron chi connectivity index (χ4n) is 4.42. The van der Waals surface area contributed by atoms with Crippen LogP contribution < -0.4 is 10.2 Å². The lowest BCUT2D eigenvalue weighted by molar-refractivity contribution is 0.270. The van der Waals surface area contributed by atoms with Crippen LogP contribution in [0, 0.1) is 23.6 Å². The number of nitrogens with one attached hydrogen (secondary N) is 1. The van der Waals surface area contributed by atoms with E-state index in [9.17, 15) is 9.50 Å². The van der Waals surface area contributed by atoms with Crippen molar-refractivity contribution in [3.8, 4) is 5.75 Å². The Morgan fingerprint density at radius 1 is 1.40 bits per heavy atom. The first-order valence-corrected chi connectivity index (χ1v) is 10.7. The third kappa shape index (κ3) is 3.30. The summed E-state index contributed by atoms with van der Waals surface area (Å²) in [5.41, 5.74) is 1.63. The lowest BCUT2D eigenvalue weighted by Gasteiger charge is -2.23. The standard InChI is InChI=1S/C20H24FN6O2P/c1-10-13-7-27(9-20(10,13)26-18(30)11-2-3-11)17-14(21)6-23-19(25-17)24-12-4-16(29)15(8-28)22-5-12/h4-6,10-11,13,28-29H,2-3,7-9,30H2,1H3,(H,23,24,25)/t10-,13+,20+/m1/s1. The first-order valence-electron chi connectivity index (χ1n) is 10.1. The molecular formula is C20H24FN6O2P. The zero-order valence-corrected chi connectivity index (χ0v) is 17.7. The van der Waals surface area contributed by atoms with Crippen molar-refractivity contribution in [1.29, 1.82) is 0 Å². The third-order valence-electron chi connectivity index (χ3n) is 6.50. The number of anilines is 3. The first kappa shape index (κ1) is 19.6. The normalized spacial score (nSPS) is 27.9. The van der Waals surface area contributed by atoms with Crippen molar-refractivity contribution in [1.82, 2.24) is 15.0 Å². The summed E-state index contributed by atoms with van der Waals surface area (Å²) in [5, 5.41) is 21.9. The van der Waals surface area contributed by atoms with Gasteiger partial charge in [-0.2, -0.15) is 4.98 Å². The van der Waals surface area contributed by atoms with Gasteiger partial charge < -0.3 is 20.4 Å². The second-order valence-electron chi connectivity index (χ2n) is 8.42. The zero-order chi connectivity index (χ0) is 21.0. The number of aromatic nitrogens is 3. The van der Waals surface area contributed by atoms with E-state index in [4.69, 9.17) is 10.1 Å². The highest BCUT2D eigenvalue weighted by atomic mass is 31.0. The first-order chi connectivity index (χ1) is 14.4. The van der Waals surface area contributed by atoms with Crippen LogP contribution in [0.4, 0.5) is 21.8 Å². The Kier molecular flexibility index (Phi) is 4.63. The minimum absolute atomic E-state index is 0.137. The molecule has 2 aromatic heterocycles. The van der Waals surface area contributed by atoms with E-state index in [1.807, 2.05) is 4.90 Å². The predicted octanol–water partition coefficient (Wildman–Crippen LogP) is 2.46. The fraction of sp³-hybridized carbons (Fsp3) is 0.500. The molecule has 1 unspecified atom stereocenters. The van der Waals surface area contributed by atoms with Crippen LogP contribution in [0.2, 0.25) is 0 Å². The maximum absolute atomic E-state index is 14.6. The topological polar surface area (TPSA) is 107 Å². The number of piperidine rings is 1. The van der Waals surface area contributed by atoms with E-state index in [1.165, 1.54) is 25.1 Å². The Balaban J connectivity index is 1.36. The molecule has 3 aliphatic rings. The molecule has 2 aliphatic carbocycles. The molecule has 3 fully saturated rings. The van der Waals surface area contributed by atoms with Crippen molar-refractivity contribution < 1.29 is 14.6 Å². The average Bonchev–Trinajstić information content (AvgIpc) is 3.61. The molecule has 2 aromatic rings. The molecule has 5 rings (SSSR count). The van der Waals surface area contributed by atoms with Gasteiger partial charge in [-0.15, -0.1) is 0 Å². The number of aliphatic hydroxyl groups is 1. The smallest absolute Gasteiger partial charge is 0.229 e. The summed E-state index contributed by atoms with van der Waals surface area (Å²) in [4.78, 5) is 19.4. The number of hydrogen-bond donors (Lipinski definition) is 3. The molecule has 1 aliphatic heterocycles. The quantitative estimate of drug-likeness (QED) is 0.477. The van der Waals surface area contributed by atoms with Gasteiger partial charge in [0.15, 0.2) is 11.6 Å². The molecule has 10 heteroatoms. The molecule has 2 saturated carbocycles. The third-order valence-corrected chi connectivity index (χ3v) is 7.10. The molecule has 0 bridgehead atoms. The highest BCUT2D eigenvalue weighted by molar-refractivity contribution is 7.40. The SMILES string of the molecule is C[C@@H]1[C@@H]2CN(c3nc(Nc4cnc(CO)c(O)c4)ncc3F)C[C@]12N=C(P)C1CC1. The van der Waals surface area contributed by atoms with Crippen LogP contribution in [-0.4, -0.2) is 49.2 Å². The Morgan fingerprint density at radius 2 is 2.20 bits per heavy atom. The summed E-state index contributed by atoms with van der Waals surface area (Å²) >= 11 is 0. The number of aromatic hydroxyl groups is 1. The van der Waals surface area contributed by atoms with E-state index in [0.717, 1.165) is 11.6 Å². The van der Waals surface area contributed by atoms with E-state index < -0.39 is 5.82 Å². The summed E-state index contributed by atoms with van der Waals surface area (Å²) in [6.07, 6.45) is 5.02. The molecule has 3 N–H and O–H groups in total. The molecule has 4 atom stereocenters. The molecular weight excluding hydrogens is 406 g/mol. The second kappa shape index (κ2) is 7.10. The second-order valence-corrected chi connectivity index (χ2v) is 9.01. The summed E-state index contributed by atoms with van der Waals surface area (Å²) in [5.74, 6) is 1.35. The van der Waals surface area contributed by atoms with E-state index >= 15 is 0 Å². The van der Waals surface area contributed by atoms with Crippen LogP contribution in [0.1, 0.15) is 25.5 Å². The Labute approximate surface area is 175 Å². The number of halogens is 1. The molecule has 1 saturated heterocycles. The molecule has 3 heterocycles. The molecule has 8 nitrogen and oxygen atoms in total. The van der Waals surface area contributed by atoms with Crippen LogP contribution in [0.25, 0.3) is 0 Å². The lowest BCUT2D eigenvalue weighted by Crippen LogP contribution is -2.31. The van der Waals surface area contributed by atoms with E-state index in [1.54, 1.807) is 0 Å². The fourth-order valence-corrected chi connectivity index (χ4v) is 5.00. The van der Waals surface area contributed by atoms with Crippen LogP contribution in [0.15, 0.2) is 23.5 Å². The van der Waals surface area contributed by atoms with Crippen molar-refractivity contribution >= 4 is 32.1 Å².